The topological polar surface area (TPSA) is 86.7 Å². The van der Waals surface area contributed by atoms with E-state index in [4.69, 9.17) is 8.37 Å². The summed E-state index contributed by atoms with van der Waals surface area (Å²) in [6.07, 6.45) is -2.89. The van der Waals surface area contributed by atoms with Crippen molar-refractivity contribution in [3.8, 4) is 11.5 Å². The van der Waals surface area contributed by atoms with Crippen molar-refractivity contribution >= 4 is 31.1 Å². The van der Waals surface area contributed by atoms with Crippen LogP contribution in [-0.4, -0.2) is 16.8 Å². The van der Waals surface area contributed by atoms with Gasteiger partial charge >= 0.3 is 19.5 Å². The smallest absolute Gasteiger partial charge is 0.347 e. The van der Waals surface area contributed by atoms with E-state index in [-0.39, 0.29) is 16.8 Å². The first kappa shape index (κ1) is 19.4. The maximum atomic E-state index is 12.9. The van der Waals surface area contributed by atoms with Gasteiger partial charge in [0.15, 0.2) is 0 Å². The van der Waals surface area contributed by atoms with Gasteiger partial charge in [-0.1, -0.05) is 66.7 Å². The van der Waals surface area contributed by atoms with Gasteiger partial charge in [-0.3, -0.25) is 0 Å². The summed E-state index contributed by atoms with van der Waals surface area (Å²) >= 11 is 0. The molecule has 0 aliphatic rings. The molecule has 3 aromatic carbocycles. The lowest BCUT2D eigenvalue weighted by Gasteiger charge is -2.18. The maximum Gasteiger partial charge on any atom is 0.347 e. The van der Waals surface area contributed by atoms with E-state index in [1.54, 1.807) is 54.6 Å². The summed E-state index contributed by atoms with van der Waals surface area (Å²) in [7, 11) is -9.11. The quantitative estimate of drug-likeness (QED) is 0.542. The molecule has 0 saturated heterocycles. The van der Waals surface area contributed by atoms with Crippen LogP contribution in [0.4, 0.5) is 0 Å². The van der Waals surface area contributed by atoms with Crippen molar-refractivity contribution < 1.29 is 25.2 Å². The Labute approximate surface area is 158 Å². The van der Waals surface area contributed by atoms with Crippen LogP contribution < -0.4 is 13.7 Å². The minimum Gasteiger partial charge on any atom is -0.379 e. The van der Waals surface area contributed by atoms with Crippen molar-refractivity contribution in [2.75, 3.05) is 0 Å². The Bertz CT molecular complexity index is 1010. The van der Waals surface area contributed by atoms with Crippen molar-refractivity contribution in [3.63, 3.8) is 0 Å². The first-order valence-corrected chi connectivity index (χ1v) is 13.1. The molecule has 3 aromatic rings. The van der Waals surface area contributed by atoms with Crippen LogP contribution in [0.1, 0.15) is 0 Å². The molecule has 0 unspecified atom stereocenters. The molecule has 140 valence electrons. The Morgan fingerprint density at radius 2 is 0.852 bits per heavy atom. The van der Waals surface area contributed by atoms with Crippen LogP contribution in [0.3, 0.4) is 0 Å². The van der Waals surface area contributed by atoms with Crippen LogP contribution in [0.5, 0.6) is 11.5 Å². The molecule has 6 nitrogen and oxygen atoms in total. The normalized spacial score (nSPS) is 11.9. The molecule has 0 fully saturated rings. The number of benzene rings is 3. The summed E-state index contributed by atoms with van der Waals surface area (Å²) in [6.45, 7) is 0. The second-order valence-corrected chi connectivity index (χ2v) is 13.9. The van der Waals surface area contributed by atoms with E-state index in [0.29, 0.717) is 0 Å². The van der Waals surface area contributed by atoms with Crippen molar-refractivity contribution in [2.24, 2.45) is 0 Å². The first-order chi connectivity index (χ1) is 12.9. The molecule has 0 heterocycles. The highest BCUT2D eigenvalue weighted by atomic mass is 33.1. The van der Waals surface area contributed by atoms with Crippen molar-refractivity contribution in [1.29, 1.82) is 0 Å². The van der Waals surface area contributed by atoms with Gasteiger partial charge in [0.1, 0.15) is 11.5 Å². The predicted molar refractivity (Wildman–Crippen MR) is 105 cm³/mol. The summed E-state index contributed by atoms with van der Waals surface area (Å²) in [5, 5.41) is 0.0827. The van der Waals surface area contributed by atoms with E-state index in [1.165, 1.54) is 36.4 Å². The van der Waals surface area contributed by atoms with Crippen molar-refractivity contribution in [2.45, 2.75) is 0 Å². The largest absolute Gasteiger partial charge is 0.379 e. The fourth-order valence-corrected chi connectivity index (χ4v) is 10.6. The van der Waals surface area contributed by atoms with E-state index in [1.807, 2.05) is 0 Å². The molecule has 0 amide bonds. The van der Waals surface area contributed by atoms with Gasteiger partial charge in [0, 0.05) is 5.30 Å². The number of hydrogen-bond acceptors (Lipinski definition) is 6. The molecule has 0 aliphatic carbocycles. The SMILES string of the molecule is O=S(=O)(Oc1ccccc1)P(c1ccccc1)S(=O)(=O)Oc1ccccc1. The highest BCUT2D eigenvalue weighted by molar-refractivity contribution is 8.82. The van der Waals surface area contributed by atoms with E-state index >= 15 is 0 Å². The second-order valence-electron chi connectivity index (χ2n) is 5.24. The monoisotopic (exact) mass is 422 g/mol. The van der Waals surface area contributed by atoms with Crippen LogP contribution in [0.15, 0.2) is 91.0 Å². The number of para-hydroxylation sites is 2. The summed E-state index contributed by atoms with van der Waals surface area (Å²) < 4.78 is 61.7. The lowest BCUT2D eigenvalue weighted by molar-refractivity contribution is 0.499. The molecule has 0 spiro atoms. The summed E-state index contributed by atoms with van der Waals surface area (Å²) in [4.78, 5) is 0. The average Bonchev–Trinajstić information content (AvgIpc) is 2.63. The molecule has 0 saturated carbocycles. The van der Waals surface area contributed by atoms with Gasteiger partial charge < -0.3 is 8.37 Å². The fourth-order valence-electron chi connectivity index (χ4n) is 2.18. The molecular formula is C18H15O6PS2. The molecule has 0 N–H and O–H groups in total. The van der Waals surface area contributed by atoms with Gasteiger partial charge in [0.05, 0.1) is 0 Å². The molecule has 0 aliphatic heterocycles. The van der Waals surface area contributed by atoms with Crippen LogP contribution in [0, 0.1) is 0 Å². The van der Waals surface area contributed by atoms with E-state index in [0.717, 1.165) is 0 Å². The zero-order valence-corrected chi connectivity index (χ0v) is 16.4. The highest BCUT2D eigenvalue weighted by Gasteiger charge is 2.44. The van der Waals surface area contributed by atoms with Gasteiger partial charge in [-0.15, -0.1) is 0 Å². The van der Waals surface area contributed by atoms with Gasteiger partial charge in [-0.05, 0) is 24.3 Å². The van der Waals surface area contributed by atoms with Crippen molar-refractivity contribution in [1.82, 2.24) is 0 Å². The van der Waals surface area contributed by atoms with Gasteiger partial charge in [0.2, 0.25) is 0 Å². The van der Waals surface area contributed by atoms with E-state index in [9.17, 15) is 16.8 Å². The van der Waals surface area contributed by atoms with E-state index in [2.05, 4.69) is 0 Å². The average molecular weight is 422 g/mol. The Balaban J connectivity index is 2.04. The Morgan fingerprint density at radius 1 is 0.519 bits per heavy atom. The third-order valence-corrected chi connectivity index (χ3v) is 13.0. The Hall–Kier alpha value is -2.41. The van der Waals surface area contributed by atoms with Crippen LogP contribution in [0.2, 0.25) is 0 Å². The van der Waals surface area contributed by atoms with Gasteiger partial charge in [0.25, 0.3) is 6.33 Å². The second kappa shape index (κ2) is 8.08. The third-order valence-electron chi connectivity index (χ3n) is 3.26. The lowest BCUT2D eigenvalue weighted by Crippen LogP contribution is -2.23. The summed E-state index contributed by atoms with van der Waals surface area (Å²) in [6, 6.07) is 23.1. The fraction of sp³-hybridized carbons (Fsp3) is 0. The maximum absolute atomic E-state index is 12.9. The molecule has 0 bridgehead atoms. The van der Waals surface area contributed by atoms with Crippen LogP contribution in [0.25, 0.3) is 0 Å². The zero-order chi connectivity index (χ0) is 19.3. The van der Waals surface area contributed by atoms with Gasteiger partial charge in [-0.25, -0.2) is 0 Å². The third kappa shape index (κ3) is 4.86. The molecule has 0 radical (unpaired) electrons. The predicted octanol–water partition coefficient (Wildman–Crippen LogP) is 3.44. The number of hydrogen-bond donors (Lipinski definition) is 0. The molecule has 9 heteroatoms. The minimum atomic E-state index is -4.55. The number of rotatable bonds is 7. The standard InChI is InChI=1S/C18H15O6PS2/c19-26(20,23-16-10-4-1-5-11-16)25(18-14-8-3-9-15-18)27(21,22)24-17-12-6-2-7-13-17/h1-15H. The zero-order valence-electron chi connectivity index (χ0n) is 13.9. The molecule has 27 heavy (non-hydrogen) atoms. The first-order valence-electron chi connectivity index (χ1n) is 7.73. The summed E-state index contributed by atoms with van der Waals surface area (Å²) in [5.74, 6) is 0.0479. The summed E-state index contributed by atoms with van der Waals surface area (Å²) in [5.41, 5.74) is 0. The van der Waals surface area contributed by atoms with E-state index < -0.39 is 25.8 Å². The molecule has 0 atom stereocenters. The minimum absolute atomic E-state index is 0.0239. The molecule has 0 aromatic heterocycles. The van der Waals surface area contributed by atoms with Crippen LogP contribution in [-0.2, 0) is 19.5 Å². The molecular weight excluding hydrogens is 407 g/mol. The lowest BCUT2D eigenvalue weighted by atomic mass is 10.3. The molecule has 3 rings (SSSR count). The van der Waals surface area contributed by atoms with Gasteiger partial charge in [-0.2, -0.15) is 16.8 Å². The Kier molecular flexibility index (Phi) is 5.79. The Morgan fingerprint density at radius 3 is 1.22 bits per heavy atom. The van der Waals surface area contributed by atoms with Crippen LogP contribution >= 0.6 is 6.33 Å². The van der Waals surface area contributed by atoms with Crippen molar-refractivity contribution in [3.05, 3.63) is 91.0 Å². The highest BCUT2D eigenvalue weighted by Crippen LogP contribution is 2.50.